The molecule has 3 aromatic carbocycles. The van der Waals surface area contributed by atoms with Gasteiger partial charge in [0.2, 0.25) is 0 Å². The van der Waals surface area contributed by atoms with Crippen LogP contribution in [0.25, 0.3) is 0 Å². The molecule has 0 aliphatic carbocycles. The molecule has 0 spiro atoms. The van der Waals surface area contributed by atoms with Gasteiger partial charge in [-0.2, -0.15) is 0 Å². The SMILES string of the molecule is Cc1ccccc1N1C(=O)c2ccc(C(=O)NC(c3ccccc3)c3nccn3C)cc2C1=O. The Morgan fingerprint density at radius 1 is 0.912 bits per heavy atom. The number of imidazole rings is 1. The lowest BCUT2D eigenvalue weighted by atomic mass is 10.0. The summed E-state index contributed by atoms with van der Waals surface area (Å²) in [5, 5.41) is 3.03. The number of aryl methyl sites for hydroxylation is 2. The quantitative estimate of drug-likeness (QED) is 0.465. The Balaban J connectivity index is 1.47. The molecule has 1 aliphatic heterocycles. The second-order valence-electron chi connectivity index (χ2n) is 8.21. The Morgan fingerprint density at radius 2 is 1.62 bits per heavy atom. The van der Waals surface area contributed by atoms with E-state index in [1.165, 1.54) is 11.0 Å². The lowest BCUT2D eigenvalue weighted by molar-refractivity contribution is 0.0922. The van der Waals surface area contributed by atoms with E-state index in [4.69, 9.17) is 0 Å². The first kappa shape index (κ1) is 21.3. The molecule has 0 saturated heterocycles. The minimum atomic E-state index is -0.484. The van der Waals surface area contributed by atoms with Gasteiger partial charge in [-0.25, -0.2) is 9.88 Å². The fourth-order valence-corrected chi connectivity index (χ4v) is 4.23. The van der Waals surface area contributed by atoms with Crippen molar-refractivity contribution in [2.75, 3.05) is 4.90 Å². The number of anilines is 1. The number of fused-ring (bicyclic) bond motifs is 1. The van der Waals surface area contributed by atoms with E-state index in [-0.39, 0.29) is 17.0 Å². The van der Waals surface area contributed by atoms with Crippen LogP contribution >= 0.6 is 0 Å². The second-order valence-corrected chi connectivity index (χ2v) is 8.21. The molecule has 0 radical (unpaired) electrons. The number of nitrogens with zero attached hydrogens (tertiary/aromatic N) is 3. The number of imide groups is 1. The van der Waals surface area contributed by atoms with Gasteiger partial charge in [0.25, 0.3) is 17.7 Å². The molecule has 168 valence electrons. The molecular formula is C27H22N4O3. The zero-order valence-corrected chi connectivity index (χ0v) is 18.7. The molecule has 3 amide bonds. The largest absolute Gasteiger partial charge is 0.338 e. The number of benzene rings is 3. The Bertz CT molecular complexity index is 1420. The van der Waals surface area contributed by atoms with Gasteiger partial charge >= 0.3 is 0 Å². The summed E-state index contributed by atoms with van der Waals surface area (Å²) in [6, 6.07) is 20.9. The van der Waals surface area contributed by atoms with Crippen LogP contribution < -0.4 is 10.2 Å². The molecule has 4 aromatic rings. The fraction of sp³-hybridized carbons (Fsp3) is 0.111. The van der Waals surface area contributed by atoms with Gasteiger partial charge in [-0.05, 0) is 42.3 Å². The van der Waals surface area contributed by atoms with Crippen molar-refractivity contribution < 1.29 is 14.4 Å². The number of carbonyl (C=O) groups excluding carboxylic acids is 3. The summed E-state index contributed by atoms with van der Waals surface area (Å²) in [6.07, 6.45) is 3.49. The maximum Gasteiger partial charge on any atom is 0.266 e. The van der Waals surface area contributed by atoms with Gasteiger partial charge in [0, 0.05) is 25.0 Å². The van der Waals surface area contributed by atoms with Crippen molar-refractivity contribution in [2.45, 2.75) is 13.0 Å². The fourth-order valence-electron chi connectivity index (χ4n) is 4.23. The van der Waals surface area contributed by atoms with E-state index < -0.39 is 17.9 Å². The molecule has 2 heterocycles. The highest BCUT2D eigenvalue weighted by atomic mass is 16.2. The van der Waals surface area contributed by atoms with E-state index in [1.54, 1.807) is 30.5 Å². The molecule has 1 atom stereocenters. The highest BCUT2D eigenvalue weighted by Crippen LogP contribution is 2.31. The Labute approximate surface area is 196 Å². The number of nitrogens with one attached hydrogen (secondary N) is 1. The van der Waals surface area contributed by atoms with Gasteiger partial charge in [0.1, 0.15) is 11.9 Å². The van der Waals surface area contributed by atoms with E-state index in [0.717, 1.165) is 11.1 Å². The molecule has 34 heavy (non-hydrogen) atoms. The van der Waals surface area contributed by atoms with E-state index in [2.05, 4.69) is 10.3 Å². The van der Waals surface area contributed by atoms with Crippen LogP contribution in [-0.4, -0.2) is 27.3 Å². The molecule has 0 saturated carbocycles. The Morgan fingerprint density at radius 3 is 2.32 bits per heavy atom. The lowest BCUT2D eigenvalue weighted by Crippen LogP contribution is -2.31. The average Bonchev–Trinajstić information content (AvgIpc) is 3.38. The smallest absolute Gasteiger partial charge is 0.266 e. The monoisotopic (exact) mass is 450 g/mol. The van der Waals surface area contributed by atoms with Crippen molar-refractivity contribution >= 4 is 23.4 Å². The van der Waals surface area contributed by atoms with Crippen LogP contribution in [0.5, 0.6) is 0 Å². The molecule has 1 unspecified atom stereocenters. The third-order valence-corrected chi connectivity index (χ3v) is 6.03. The molecule has 1 aromatic heterocycles. The number of rotatable bonds is 5. The van der Waals surface area contributed by atoms with Crippen LogP contribution in [-0.2, 0) is 7.05 Å². The van der Waals surface area contributed by atoms with Crippen LogP contribution in [0.2, 0.25) is 0 Å². The van der Waals surface area contributed by atoms with Crippen LogP contribution in [0.3, 0.4) is 0 Å². The highest BCUT2D eigenvalue weighted by molar-refractivity contribution is 6.35. The van der Waals surface area contributed by atoms with Crippen molar-refractivity contribution in [2.24, 2.45) is 7.05 Å². The summed E-state index contributed by atoms with van der Waals surface area (Å²) in [5.41, 5.74) is 3.03. The van der Waals surface area contributed by atoms with Gasteiger partial charge in [-0.15, -0.1) is 0 Å². The number of hydrogen-bond donors (Lipinski definition) is 1. The summed E-state index contributed by atoms with van der Waals surface area (Å²) in [5.74, 6) is -0.518. The zero-order chi connectivity index (χ0) is 23.8. The van der Waals surface area contributed by atoms with E-state index >= 15 is 0 Å². The molecule has 1 N–H and O–H groups in total. The molecule has 0 fully saturated rings. The van der Waals surface area contributed by atoms with Crippen molar-refractivity contribution in [3.8, 4) is 0 Å². The van der Waals surface area contributed by atoms with Crippen LogP contribution in [0.15, 0.2) is 85.2 Å². The van der Waals surface area contributed by atoms with Gasteiger partial charge in [-0.3, -0.25) is 14.4 Å². The topological polar surface area (TPSA) is 84.3 Å². The third-order valence-electron chi connectivity index (χ3n) is 6.03. The predicted octanol–water partition coefficient (Wildman–Crippen LogP) is 4.05. The van der Waals surface area contributed by atoms with Crippen LogP contribution in [0.4, 0.5) is 5.69 Å². The predicted molar refractivity (Wildman–Crippen MR) is 128 cm³/mol. The average molecular weight is 450 g/mol. The molecular weight excluding hydrogens is 428 g/mol. The van der Waals surface area contributed by atoms with Crippen molar-refractivity contribution in [1.29, 1.82) is 0 Å². The van der Waals surface area contributed by atoms with Crippen LogP contribution in [0, 0.1) is 6.92 Å². The zero-order valence-electron chi connectivity index (χ0n) is 18.7. The first-order valence-electron chi connectivity index (χ1n) is 10.9. The molecule has 1 aliphatic rings. The maximum atomic E-state index is 13.3. The van der Waals surface area contributed by atoms with Crippen molar-refractivity contribution in [3.05, 3.63) is 119 Å². The van der Waals surface area contributed by atoms with Gasteiger partial charge in [0.05, 0.1) is 16.8 Å². The Kier molecular flexibility index (Phi) is 5.30. The number of hydrogen-bond acceptors (Lipinski definition) is 4. The molecule has 0 bridgehead atoms. The van der Waals surface area contributed by atoms with E-state index in [0.29, 0.717) is 17.1 Å². The minimum absolute atomic E-state index is 0.217. The molecule has 5 rings (SSSR count). The summed E-state index contributed by atoms with van der Waals surface area (Å²) in [4.78, 5) is 45.0. The first-order valence-corrected chi connectivity index (χ1v) is 10.9. The van der Waals surface area contributed by atoms with Crippen molar-refractivity contribution in [1.82, 2.24) is 14.9 Å². The number of amides is 3. The summed E-state index contributed by atoms with van der Waals surface area (Å²) in [6.45, 7) is 1.85. The molecule has 7 heteroatoms. The Hall–Kier alpha value is -4.52. The summed E-state index contributed by atoms with van der Waals surface area (Å²) >= 11 is 0. The minimum Gasteiger partial charge on any atom is -0.338 e. The van der Waals surface area contributed by atoms with Gasteiger partial charge in [-0.1, -0.05) is 48.5 Å². The van der Waals surface area contributed by atoms with Crippen LogP contribution in [0.1, 0.15) is 54.1 Å². The standard InChI is InChI=1S/C27H22N4O3/c1-17-8-6-7-11-22(17)31-26(33)20-13-12-19(16-21(20)27(31)34)25(32)29-23(18-9-4-3-5-10-18)24-28-14-15-30(24)2/h3-16,23H,1-2H3,(H,29,32). The van der Waals surface area contributed by atoms with E-state index in [1.807, 2.05) is 67.2 Å². The first-order chi connectivity index (χ1) is 16.5. The molecule has 7 nitrogen and oxygen atoms in total. The second kappa shape index (κ2) is 8.44. The van der Waals surface area contributed by atoms with Crippen molar-refractivity contribution in [3.63, 3.8) is 0 Å². The number of aromatic nitrogens is 2. The number of carbonyl (C=O) groups is 3. The van der Waals surface area contributed by atoms with Gasteiger partial charge in [0.15, 0.2) is 0 Å². The number of para-hydroxylation sites is 1. The summed E-state index contributed by atoms with van der Waals surface area (Å²) < 4.78 is 1.85. The third kappa shape index (κ3) is 3.57. The maximum absolute atomic E-state index is 13.3. The van der Waals surface area contributed by atoms with E-state index in [9.17, 15) is 14.4 Å². The summed E-state index contributed by atoms with van der Waals surface area (Å²) in [7, 11) is 1.87. The normalized spacial score (nSPS) is 13.6. The lowest BCUT2D eigenvalue weighted by Gasteiger charge is -2.19. The van der Waals surface area contributed by atoms with Gasteiger partial charge < -0.3 is 9.88 Å². The highest BCUT2D eigenvalue weighted by Gasteiger charge is 2.37.